The summed E-state index contributed by atoms with van der Waals surface area (Å²) in [7, 11) is 0. The summed E-state index contributed by atoms with van der Waals surface area (Å²) in [6.45, 7) is 2.06. The van der Waals surface area contributed by atoms with E-state index in [1.54, 1.807) is 0 Å². The minimum Gasteiger partial charge on any atom is -0.452 e. The maximum Gasteiger partial charge on any atom is 0.169 e. The predicted molar refractivity (Wildman–Crippen MR) is 80.3 cm³/mol. The van der Waals surface area contributed by atoms with Crippen LogP contribution in [0, 0.1) is 0 Å². The Labute approximate surface area is 125 Å². The van der Waals surface area contributed by atoms with Gasteiger partial charge >= 0.3 is 0 Å². The van der Waals surface area contributed by atoms with Gasteiger partial charge in [0.2, 0.25) is 0 Å². The van der Waals surface area contributed by atoms with E-state index in [4.69, 9.17) is 4.42 Å². The van der Waals surface area contributed by atoms with E-state index < -0.39 is 0 Å². The normalized spacial score (nSPS) is 12.5. The van der Waals surface area contributed by atoms with Crippen molar-refractivity contribution in [3.63, 3.8) is 0 Å². The Kier molecular flexibility index (Phi) is 4.33. The van der Waals surface area contributed by atoms with Crippen molar-refractivity contribution >= 4 is 53.5 Å². The molecule has 1 atom stereocenters. The Morgan fingerprint density at radius 2 is 1.88 bits per heavy atom. The van der Waals surface area contributed by atoms with Crippen LogP contribution >= 0.6 is 47.8 Å². The molecule has 2 rings (SSSR count). The largest absolute Gasteiger partial charge is 0.452 e. The Morgan fingerprint density at radius 3 is 2.47 bits per heavy atom. The second kappa shape index (κ2) is 5.59. The van der Waals surface area contributed by atoms with Gasteiger partial charge in [0, 0.05) is 14.6 Å². The number of rotatable bonds is 3. The highest BCUT2D eigenvalue weighted by molar-refractivity contribution is 9.11. The monoisotopic (exact) mass is 421 g/mol. The summed E-state index contributed by atoms with van der Waals surface area (Å²) >= 11 is 10.2. The number of hydrogen-bond donors (Lipinski definition) is 1. The molecule has 1 unspecified atom stereocenters. The van der Waals surface area contributed by atoms with Crippen LogP contribution in [0.4, 0.5) is 5.69 Å². The fraction of sp³-hybridized carbons (Fsp3) is 0.167. The zero-order valence-corrected chi connectivity index (χ0v) is 13.8. The minimum absolute atomic E-state index is 0.110. The van der Waals surface area contributed by atoms with Gasteiger partial charge in [-0.15, -0.1) is 0 Å². The van der Waals surface area contributed by atoms with Crippen LogP contribution in [0.5, 0.6) is 0 Å². The summed E-state index contributed by atoms with van der Waals surface area (Å²) in [6, 6.07) is 9.98. The van der Waals surface area contributed by atoms with Gasteiger partial charge in [-0.3, -0.25) is 0 Å². The summed E-state index contributed by atoms with van der Waals surface area (Å²) in [5.41, 5.74) is 1.04. The smallest absolute Gasteiger partial charge is 0.169 e. The fourth-order valence-electron chi connectivity index (χ4n) is 1.47. The van der Waals surface area contributed by atoms with Crippen LogP contribution in [-0.4, -0.2) is 0 Å². The van der Waals surface area contributed by atoms with Gasteiger partial charge in [-0.1, -0.05) is 15.9 Å². The molecular formula is C12H10Br3NO. The summed E-state index contributed by atoms with van der Waals surface area (Å²) in [4.78, 5) is 0. The fourth-order valence-corrected chi connectivity index (χ4v) is 2.95. The number of hydrogen-bond acceptors (Lipinski definition) is 2. The van der Waals surface area contributed by atoms with Crippen molar-refractivity contribution in [2.75, 3.05) is 5.32 Å². The molecule has 0 fully saturated rings. The number of halogens is 3. The summed E-state index contributed by atoms with van der Waals surface area (Å²) in [6.07, 6.45) is 0. The van der Waals surface area contributed by atoms with Gasteiger partial charge in [0.25, 0.3) is 0 Å². The van der Waals surface area contributed by atoms with Crippen LogP contribution in [0.15, 0.2) is 48.4 Å². The van der Waals surface area contributed by atoms with Crippen LogP contribution in [-0.2, 0) is 0 Å². The van der Waals surface area contributed by atoms with Gasteiger partial charge in [0.05, 0.1) is 6.04 Å². The molecule has 5 heteroatoms. The first kappa shape index (κ1) is 13.2. The van der Waals surface area contributed by atoms with Gasteiger partial charge in [-0.25, -0.2) is 0 Å². The highest BCUT2D eigenvalue weighted by Crippen LogP contribution is 2.30. The quantitative estimate of drug-likeness (QED) is 0.680. The number of furan rings is 1. The van der Waals surface area contributed by atoms with E-state index in [1.165, 1.54) is 0 Å². The van der Waals surface area contributed by atoms with Gasteiger partial charge in [-0.2, -0.15) is 0 Å². The van der Waals surface area contributed by atoms with E-state index in [0.29, 0.717) is 0 Å². The molecule has 2 nitrogen and oxygen atoms in total. The highest BCUT2D eigenvalue weighted by atomic mass is 79.9. The van der Waals surface area contributed by atoms with E-state index in [-0.39, 0.29) is 6.04 Å². The lowest BCUT2D eigenvalue weighted by molar-refractivity contribution is 0.471. The third kappa shape index (κ3) is 3.36. The Hall–Kier alpha value is -0.260. The SMILES string of the molecule is CC(Nc1ccc(Br)cc1Br)c1ccc(Br)o1. The van der Waals surface area contributed by atoms with E-state index >= 15 is 0 Å². The summed E-state index contributed by atoms with van der Waals surface area (Å²) in [5, 5.41) is 3.38. The molecule has 0 saturated heterocycles. The Balaban J connectivity index is 2.15. The third-order valence-electron chi connectivity index (χ3n) is 2.32. The molecule has 0 saturated carbocycles. The van der Waals surface area contributed by atoms with E-state index in [1.807, 2.05) is 30.3 Å². The van der Waals surface area contributed by atoms with Crippen molar-refractivity contribution in [2.24, 2.45) is 0 Å². The molecule has 2 aromatic rings. The third-order valence-corrected chi connectivity index (χ3v) is 3.90. The van der Waals surface area contributed by atoms with Crippen LogP contribution in [0.2, 0.25) is 0 Å². The molecule has 1 aromatic heterocycles. The van der Waals surface area contributed by atoms with E-state index in [9.17, 15) is 0 Å². The van der Waals surface area contributed by atoms with Crippen molar-refractivity contribution in [3.05, 3.63) is 49.7 Å². The van der Waals surface area contributed by atoms with Crippen LogP contribution < -0.4 is 5.32 Å². The average molecular weight is 424 g/mol. The molecule has 0 bridgehead atoms. The van der Waals surface area contributed by atoms with Gasteiger partial charge in [0.1, 0.15) is 5.76 Å². The predicted octanol–water partition coefficient (Wildman–Crippen LogP) is 5.74. The first-order valence-corrected chi connectivity index (χ1v) is 7.41. The van der Waals surface area contributed by atoms with Crippen LogP contribution in [0.3, 0.4) is 0 Å². The van der Waals surface area contributed by atoms with Crippen LogP contribution in [0.1, 0.15) is 18.7 Å². The molecular weight excluding hydrogens is 414 g/mol. The zero-order chi connectivity index (χ0) is 12.4. The zero-order valence-electron chi connectivity index (χ0n) is 9.01. The van der Waals surface area contributed by atoms with E-state index in [2.05, 4.69) is 60.0 Å². The molecule has 1 aromatic carbocycles. The summed E-state index contributed by atoms with van der Waals surface area (Å²) in [5.74, 6) is 0.895. The summed E-state index contributed by atoms with van der Waals surface area (Å²) < 4.78 is 8.32. The molecule has 0 spiro atoms. The number of nitrogens with one attached hydrogen (secondary N) is 1. The Bertz CT molecular complexity index is 524. The van der Waals surface area contributed by atoms with Crippen molar-refractivity contribution in [2.45, 2.75) is 13.0 Å². The lowest BCUT2D eigenvalue weighted by Crippen LogP contribution is -2.05. The van der Waals surface area contributed by atoms with Crippen molar-refractivity contribution in [1.29, 1.82) is 0 Å². The maximum atomic E-state index is 5.51. The molecule has 0 radical (unpaired) electrons. The molecule has 1 heterocycles. The first-order chi connectivity index (χ1) is 8.06. The molecule has 0 aliphatic rings. The van der Waals surface area contributed by atoms with Crippen molar-refractivity contribution < 1.29 is 4.42 Å². The van der Waals surface area contributed by atoms with Crippen molar-refractivity contribution in [3.8, 4) is 0 Å². The second-order valence-electron chi connectivity index (χ2n) is 3.63. The topological polar surface area (TPSA) is 25.2 Å². The molecule has 0 aliphatic heterocycles. The highest BCUT2D eigenvalue weighted by Gasteiger charge is 2.11. The van der Waals surface area contributed by atoms with Crippen LogP contribution in [0.25, 0.3) is 0 Å². The Morgan fingerprint density at radius 1 is 1.12 bits per heavy atom. The standard InChI is InChI=1S/C12H10Br3NO/c1-7(11-4-5-12(15)17-11)16-10-3-2-8(13)6-9(10)14/h2-7,16H,1H3. The maximum absolute atomic E-state index is 5.51. The number of benzene rings is 1. The van der Waals surface area contributed by atoms with Gasteiger partial charge in [0.15, 0.2) is 4.67 Å². The first-order valence-electron chi connectivity index (χ1n) is 5.03. The second-order valence-corrected chi connectivity index (χ2v) is 6.18. The molecule has 0 aliphatic carbocycles. The van der Waals surface area contributed by atoms with Gasteiger partial charge < -0.3 is 9.73 Å². The molecule has 0 amide bonds. The average Bonchev–Trinajstić information content (AvgIpc) is 2.69. The lowest BCUT2D eigenvalue weighted by atomic mass is 10.2. The van der Waals surface area contributed by atoms with Gasteiger partial charge in [-0.05, 0) is 69.1 Å². The molecule has 1 N–H and O–H groups in total. The molecule has 17 heavy (non-hydrogen) atoms. The minimum atomic E-state index is 0.110. The van der Waals surface area contributed by atoms with E-state index in [0.717, 1.165) is 25.1 Å². The van der Waals surface area contributed by atoms with Crippen molar-refractivity contribution in [1.82, 2.24) is 0 Å². The lowest BCUT2D eigenvalue weighted by Gasteiger charge is -2.14. The molecule has 90 valence electrons. The number of anilines is 1.